The van der Waals surface area contributed by atoms with Gasteiger partial charge in [0.15, 0.2) is 0 Å². The van der Waals surface area contributed by atoms with E-state index in [1.54, 1.807) is 12.1 Å². The van der Waals surface area contributed by atoms with Crippen LogP contribution in [0.1, 0.15) is 0 Å². The number of nitrogens with zero attached hydrogens (tertiary/aromatic N) is 6. The third-order valence-electron chi connectivity index (χ3n) is 5.90. The Kier molecular flexibility index (Phi) is 5.62. The SMILES string of the molecule is C=CCn1cnc2ccc(NC3=NC4C=CC=CC4/C(=N/c4nnc(-c5ccc(O)cc5)s4)N3)cc21. The molecular formula is C26H22N8OS. The topological polar surface area (TPSA) is 113 Å². The largest absolute Gasteiger partial charge is 0.508 e. The molecule has 178 valence electrons. The monoisotopic (exact) mass is 494 g/mol. The van der Waals surface area contributed by atoms with Gasteiger partial charge >= 0.3 is 0 Å². The summed E-state index contributed by atoms with van der Waals surface area (Å²) in [6.45, 7) is 4.51. The molecule has 10 heteroatoms. The maximum absolute atomic E-state index is 9.54. The first-order chi connectivity index (χ1) is 17.7. The fraction of sp³-hybridized carbons (Fsp3) is 0.115. The van der Waals surface area contributed by atoms with Crippen LogP contribution in [0.15, 0.2) is 95.7 Å². The lowest BCUT2D eigenvalue weighted by Gasteiger charge is -2.29. The number of allylic oxidation sites excluding steroid dienone is 3. The summed E-state index contributed by atoms with van der Waals surface area (Å²) < 4.78 is 2.04. The van der Waals surface area contributed by atoms with Crippen LogP contribution < -0.4 is 10.6 Å². The molecule has 0 spiro atoms. The summed E-state index contributed by atoms with van der Waals surface area (Å²) in [5, 5.41) is 26.1. The van der Waals surface area contributed by atoms with E-state index >= 15 is 0 Å². The molecule has 2 atom stereocenters. The molecule has 1 aliphatic carbocycles. The molecule has 0 saturated heterocycles. The van der Waals surface area contributed by atoms with Crippen molar-refractivity contribution in [1.82, 2.24) is 25.1 Å². The molecule has 2 aromatic heterocycles. The zero-order valence-electron chi connectivity index (χ0n) is 19.1. The van der Waals surface area contributed by atoms with Crippen LogP contribution in [0.4, 0.5) is 10.8 Å². The molecule has 2 aliphatic rings. The van der Waals surface area contributed by atoms with Gasteiger partial charge in [0.2, 0.25) is 11.1 Å². The standard InChI is InChI=1S/C26H22N8OS/c1-2-13-34-15-27-21-12-9-17(14-22(21)34)28-25-29-20-6-4-3-5-19(20)23(30-25)31-26-33-32-24(36-26)16-7-10-18(35)11-8-16/h2-12,14-15,19-20,35H,1,13H2,(H2,28,29,30,31,33). The van der Waals surface area contributed by atoms with Crippen molar-refractivity contribution in [2.24, 2.45) is 15.9 Å². The Labute approximate surface area is 211 Å². The Morgan fingerprint density at radius 2 is 2.00 bits per heavy atom. The molecule has 9 nitrogen and oxygen atoms in total. The van der Waals surface area contributed by atoms with Gasteiger partial charge in [-0.15, -0.1) is 16.8 Å². The zero-order chi connectivity index (χ0) is 24.5. The molecule has 4 aromatic rings. The number of anilines is 1. The highest BCUT2D eigenvalue weighted by molar-refractivity contribution is 7.18. The number of hydrogen-bond donors (Lipinski definition) is 3. The normalized spacial score (nSPS) is 19.7. The molecule has 0 fully saturated rings. The Hall–Kier alpha value is -4.57. The predicted molar refractivity (Wildman–Crippen MR) is 144 cm³/mol. The van der Waals surface area contributed by atoms with Gasteiger partial charge in [0.05, 0.1) is 29.3 Å². The molecule has 0 saturated carbocycles. The van der Waals surface area contributed by atoms with Crippen molar-refractivity contribution in [2.45, 2.75) is 12.6 Å². The number of hydrogen-bond acceptors (Lipinski definition) is 8. The Morgan fingerprint density at radius 1 is 1.14 bits per heavy atom. The fourth-order valence-corrected chi connectivity index (χ4v) is 4.90. The first-order valence-electron chi connectivity index (χ1n) is 11.4. The van der Waals surface area contributed by atoms with Crippen LogP contribution in [-0.2, 0) is 6.54 Å². The van der Waals surface area contributed by atoms with Gasteiger partial charge in [-0.1, -0.05) is 41.7 Å². The van der Waals surface area contributed by atoms with Crippen LogP contribution in [0.2, 0.25) is 0 Å². The van der Waals surface area contributed by atoms with Crippen molar-refractivity contribution in [2.75, 3.05) is 5.32 Å². The second kappa shape index (κ2) is 9.23. The van der Waals surface area contributed by atoms with E-state index < -0.39 is 0 Å². The van der Waals surface area contributed by atoms with Gasteiger partial charge in [0.1, 0.15) is 16.6 Å². The number of rotatable bonds is 5. The first-order valence-corrected chi connectivity index (χ1v) is 12.2. The van der Waals surface area contributed by atoms with E-state index in [1.165, 1.54) is 11.3 Å². The average Bonchev–Trinajstić information content (AvgIpc) is 3.52. The molecule has 3 heterocycles. The number of aromatic nitrogens is 4. The zero-order valence-corrected chi connectivity index (χ0v) is 19.9. The fourth-order valence-electron chi connectivity index (χ4n) is 4.16. The Morgan fingerprint density at radius 3 is 2.86 bits per heavy atom. The molecule has 2 aromatic carbocycles. The van der Waals surface area contributed by atoms with Crippen molar-refractivity contribution in [1.29, 1.82) is 0 Å². The first kappa shape index (κ1) is 21.9. The molecule has 36 heavy (non-hydrogen) atoms. The van der Waals surface area contributed by atoms with Crippen LogP contribution in [0.3, 0.4) is 0 Å². The minimum absolute atomic E-state index is 0.0296. The number of phenolic OH excluding ortho intramolecular Hbond substituents is 1. The lowest BCUT2D eigenvalue weighted by molar-refractivity contribution is 0.475. The third kappa shape index (κ3) is 4.29. The highest BCUT2D eigenvalue weighted by Gasteiger charge is 2.30. The average molecular weight is 495 g/mol. The number of fused-ring (bicyclic) bond motifs is 2. The summed E-state index contributed by atoms with van der Waals surface area (Å²) in [7, 11) is 0. The molecule has 0 amide bonds. The summed E-state index contributed by atoms with van der Waals surface area (Å²) in [5.74, 6) is 1.52. The van der Waals surface area contributed by atoms with E-state index in [0.29, 0.717) is 17.6 Å². The summed E-state index contributed by atoms with van der Waals surface area (Å²) in [4.78, 5) is 14.1. The van der Waals surface area contributed by atoms with E-state index in [4.69, 9.17) is 9.98 Å². The van der Waals surface area contributed by atoms with Gasteiger partial charge in [-0.2, -0.15) is 0 Å². The van der Waals surface area contributed by atoms with E-state index in [0.717, 1.165) is 33.1 Å². The summed E-state index contributed by atoms with van der Waals surface area (Å²) >= 11 is 1.39. The molecule has 0 bridgehead atoms. The van der Waals surface area contributed by atoms with Crippen molar-refractivity contribution in [3.8, 4) is 16.3 Å². The van der Waals surface area contributed by atoms with Crippen molar-refractivity contribution in [3.63, 3.8) is 0 Å². The van der Waals surface area contributed by atoms with E-state index in [-0.39, 0.29) is 17.7 Å². The lowest BCUT2D eigenvalue weighted by atomic mass is 9.93. The van der Waals surface area contributed by atoms with Crippen LogP contribution >= 0.6 is 11.3 Å². The maximum atomic E-state index is 9.54. The highest BCUT2D eigenvalue weighted by atomic mass is 32.1. The number of amidine groups is 1. The number of phenols is 1. The lowest BCUT2D eigenvalue weighted by Crippen LogP contribution is -2.48. The number of guanidine groups is 1. The van der Waals surface area contributed by atoms with Crippen molar-refractivity contribution >= 4 is 45.0 Å². The molecule has 2 unspecified atom stereocenters. The molecular weight excluding hydrogens is 472 g/mol. The minimum atomic E-state index is -0.0861. The van der Waals surface area contributed by atoms with Crippen LogP contribution in [-0.4, -0.2) is 42.7 Å². The summed E-state index contributed by atoms with van der Waals surface area (Å²) in [6, 6.07) is 12.8. The van der Waals surface area contributed by atoms with Gasteiger partial charge in [-0.25, -0.2) is 15.0 Å². The second-order valence-corrected chi connectivity index (χ2v) is 9.29. The summed E-state index contributed by atoms with van der Waals surface area (Å²) in [6.07, 6.45) is 11.8. The molecule has 1 aliphatic heterocycles. The molecule has 6 rings (SSSR count). The van der Waals surface area contributed by atoms with Crippen molar-refractivity contribution in [3.05, 3.63) is 85.8 Å². The van der Waals surface area contributed by atoms with Crippen LogP contribution in [0.25, 0.3) is 21.6 Å². The van der Waals surface area contributed by atoms with E-state index in [1.807, 2.05) is 59.5 Å². The smallest absolute Gasteiger partial charge is 0.233 e. The number of benzene rings is 2. The van der Waals surface area contributed by atoms with Crippen LogP contribution in [0.5, 0.6) is 5.75 Å². The van der Waals surface area contributed by atoms with Crippen molar-refractivity contribution < 1.29 is 5.11 Å². The van der Waals surface area contributed by atoms with Gasteiger partial charge in [-0.05, 0) is 42.5 Å². The Bertz CT molecular complexity index is 1560. The number of nitrogens with one attached hydrogen (secondary N) is 2. The maximum Gasteiger partial charge on any atom is 0.233 e. The number of aromatic hydroxyl groups is 1. The van der Waals surface area contributed by atoms with Gasteiger partial charge in [0.25, 0.3) is 0 Å². The van der Waals surface area contributed by atoms with Gasteiger partial charge in [0, 0.05) is 17.8 Å². The minimum Gasteiger partial charge on any atom is -0.508 e. The highest BCUT2D eigenvalue weighted by Crippen LogP contribution is 2.31. The van der Waals surface area contributed by atoms with E-state index in [2.05, 4.69) is 44.5 Å². The quantitative estimate of drug-likeness (QED) is 0.348. The summed E-state index contributed by atoms with van der Waals surface area (Å²) in [5.41, 5.74) is 3.70. The molecule has 0 radical (unpaired) electrons. The predicted octanol–water partition coefficient (Wildman–Crippen LogP) is 4.66. The van der Waals surface area contributed by atoms with E-state index in [9.17, 15) is 5.11 Å². The molecule has 3 N–H and O–H groups in total. The number of imidazole rings is 1. The Balaban J connectivity index is 1.28. The van der Waals surface area contributed by atoms with Crippen LogP contribution in [0, 0.1) is 5.92 Å². The van der Waals surface area contributed by atoms with Gasteiger partial charge in [-0.3, -0.25) is 0 Å². The number of aliphatic imine (C=N–C) groups is 2. The second-order valence-electron chi connectivity index (χ2n) is 8.34. The third-order valence-corrected chi connectivity index (χ3v) is 6.77. The van der Waals surface area contributed by atoms with Gasteiger partial charge < -0.3 is 20.3 Å².